The van der Waals surface area contributed by atoms with Crippen molar-refractivity contribution in [2.24, 2.45) is 0 Å². The molecule has 0 amide bonds. The van der Waals surface area contributed by atoms with E-state index in [0.29, 0.717) is 0 Å². The Hall–Kier alpha value is 0.620. The Morgan fingerprint density at radius 3 is 1.17 bits per heavy atom. The van der Waals surface area contributed by atoms with Crippen LogP contribution in [0.25, 0.3) is 0 Å². The third-order valence-corrected chi connectivity index (χ3v) is 5.76. The molecule has 110 valence electrons. The van der Waals surface area contributed by atoms with Crippen molar-refractivity contribution in [3.8, 4) is 0 Å². The topological polar surface area (TPSA) is 6.48 Å². The van der Waals surface area contributed by atoms with Gasteiger partial charge >= 0.3 is 0 Å². The predicted molar refractivity (Wildman–Crippen MR) is 89.7 cm³/mol. The van der Waals surface area contributed by atoms with E-state index < -0.39 is 0 Å². The number of hydrogen-bond donors (Lipinski definition) is 0. The van der Waals surface area contributed by atoms with Crippen molar-refractivity contribution < 1.29 is 0 Å². The number of nitrogens with zero attached hydrogens (tertiary/aromatic N) is 2. The van der Waals surface area contributed by atoms with Crippen LogP contribution in [-0.4, -0.2) is 59.6 Å². The van der Waals surface area contributed by atoms with E-state index in [1.54, 1.807) is 0 Å². The normalized spacial score (nSPS) is 13.7. The predicted octanol–water partition coefficient (Wildman–Crippen LogP) is 3.83. The fourth-order valence-corrected chi connectivity index (χ4v) is 3.22. The van der Waals surface area contributed by atoms with E-state index in [0.717, 1.165) is 13.1 Å². The van der Waals surface area contributed by atoms with Gasteiger partial charge in [-0.1, -0.05) is 21.6 Å². The zero-order chi connectivity index (χ0) is 14.4. The van der Waals surface area contributed by atoms with Crippen LogP contribution in [0, 0.1) is 0 Å². The summed E-state index contributed by atoms with van der Waals surface area (Å²) in [6, 6.07) is 0. The molecular formula is C14H32N2S2. The summed E-state index contributed by atoms with van der Waals surface area (Å²) in [5.74, 6) is 2.41. The molecule has 2 nitrogen and oxygen atoms in total. The third-order valence-electron chi connectivity index (χ3n) is 3.39. The summed E-state index contributed by atoms with van der Waals surface area (Å²) >= 11 is 0. The van der Waals surface area contributed by atoms with Crippen molar-refractivity contribution in [2.45, 2.75) is 52.6 Å². The van der Waals surface area contributed by atoms with E-state index >= 15 is 0 Å². The zero-order valence-electron chi connectivity index (χ0n) is 13.5. The minimum absolute atomic E-state index is 0.289. The second-order valence-corrected chi connectivity index (χ2v) is 9.53. The first-order chi connectivity index (χ1) is 8.05. The van der Waals surface area contributed by atoms with Gasteiger partial charge in [-0.05, 0) is 55.6 Å². The monoisotopic (exact) mass is 292 g/mol. The molecule has 0 saturated heterocycles. The van der Waals surface area contributed by atoms with Gasteiger partial charge in [0.15, 0.2) is 0 Å². The Bertz CT molecular complexity index is 195. The smallest absolute Gasteiger partial charge is 0.0165 e. The van der Waals surface area contributed by atoms with Crippen LogP contribution >= 0.6 is 21.6 Å². The van der Waals surface area contributed by atoms with Gasteiger partial charge in [-0.3, -0.25) is 0 Å². The summed E-state index contributed by atoms with van der Waals surface area (Å²) in [6.45, 7) is 15.9. The molecule has 0 rings (SSSR count). The molecule has 0 aliphatic carbocycles. The molecule has 0 bridgehead atoms. The summed E-state index contributed by atoms with van der Waals surface area (Å²) in [6.07, 6.45) is 0. The molecule has 0 aliphatic rings. The molecule has 0 unspecified atom stereocenters. The van der Waals surface area contributed by atoms with Crippen LogP contribution in [0.15, 0.2) is 0 Å². The van der Waals surface area contributed by atoms with Gasteiger partial charge in [0.2, 0.25) is 0 Å². The van der Waals surface area contributed by atoms with E-state index in [-0.39, 0.29) is 11.1 Å². The lowest BCUT2D eigenvalue weighted by Crippen LogP contribution is -2.39. The van der Waals surface area contributed by atoms with Crippen LogP contribution in [0.5, 0.6) is 0 Å². The largest absolute Gasteiger partial charge is 0.301 e. The average molecular weight is 293 g/mol. The third kappa shape index (κ3) is 8.68. The first-order valence-corrected chi connectivity index (χ1v) is 9.21. The zero-order valence-corrected chi connectivity index (χ0v) is 15.2. The summed E-state index contributed by atoms with van der Waals surface area (Å²) < 4.78 is 0. The Morgan fingerprint density at radius 1 is 0.667 bits per heavy atom. The van der Waals surface area contributed by atoms with Crippen LogP contribution in [0.4, 0.5) is 0 Å². The average Bonchev–Trinajstić information content (AvgIpc) is 2.19. The maximum atomic E-state index is 2.42. The van der Waals surface area contributed by atoms with Crippen LogP contribution < -0.4 is 0 Å². The number of hydrogen-bond acceptors (Lipinski definition) is 4. The van der Waals surface area contributed by atoms with Crippen LogP contribution in [0.1, 0.15) is 41.5 Å². The molecule has 0 N–H and O–H groups in total. The highest BCUT2D eigenvalue weighted by Gasteiger charge is 2.17. The minimum Gasteiger partial charge on any atom is -0.301 e. The van der Waals surface area contributed by atoms with Crippen LogP contribution in [0.2, 0.25) is 0 Å². The second kappa shape index (κ2) is 8.03. The van der Waals surface area contributed by atoms with Gasteiger partial charge in [0, 0.05) is 35.7 Å². The lowest BCUT2D eigenvalue weighted by Gasteiger charge is -2.32. The molecule has 0 fully saturated rings. The first kappa shape index (κ1) is 18.6. The molecule has 0 atom stereocenters. The Balaban J connectivity index is 3.53. The highest BCUT2D eigenvalue weighted by Crippen LogP contribution is 2.23. The van der Waals surface area contributed by atoms with Gasteiger partial charge in [0.25, 0.3) is 0 Å². The molecule has 18 heavy (non-hydrogen) atoms. The van der Waals surface area contributed by atoms with Gasteiger partial charge in [-0.25, -0.2) is 0 Å². The molecule has 4 heteroatoms. The van der Waals surface area contributed by atoms with Gasteiger partial charge in [-0.15, -0.1) is 0 Å². The van der Waals surface area contributed by atoms with Gasteiger partial charge < -0.3 is 9.80 Å². The van der Waals surface area contributed by atoms with Crippen molar-refractivity contribution in [2.75, 3.05) is 38.7 Å². The van der Waals surface area contributed by atoms with E-state index in [1.807, 2.05) is 21.6 Å². The minimum atomic E-state index is 0.289. The van der Waals surface area contributed by atoms with Gasteiger partial charge in [0.1, 0.15) is 0 Å². The molecule has 0 saturated carbocycles. The van der Waals surface area contributed by atoms with Crippen molar-refractivity contribution in [1.82, 2.24) is 9.80 Å². The second-order valence-electron chi connectivity index (χ2n) is 6.83. The van der Waals surface area contributed by atoms with E-state index in [2.05, 4.69) is 65.4 Å². The molecule has 0 aromatic carbocycles. The van der Waals surface area contributed by atoms with Crippen LogP contribution in [-0.2, 0) is 0 Å². The van der Waals surface area contributed by atoms with Crippen molar-refractivity contribution in [3.05, 3.63) is 0 Å². The van der Waals surface area contributed by atoms with Crippen LogP contribution in [0.3, 0.4) is 0 Å². The van der Waals surface area contributed by atoms with E-state index in [9.17, 15) is 0 Å². The summed E-state index contributed by atoms with van der Waals surface area (Å²) in [7, 11) is 8.41. The molecule has 0 spiro atoms. The van der Waals surface area contributed by atoms with Crippen molar-refractivity contribution in [1.29, 1.82) is 0 Å². The van der Waals surface area contributed by atoms with Crippen molar-refractivity contribution >= 4 is 21.6 Å². The first-order valence-electron chi connectivity index (χ1n) is 6.72. The highest BCUT2D eigenvalue weighted by atomic mass is 33.1. The lowest BCUT2D eigenvalue weighted by atomic mass is 10.1. The Morgan fingerprint density at radius 2 is 0.944 bits per heavy atom. The van der Waals surface area contributed by atoms with Gasteiger partial charge in [-0.2, -0.15) is 0 Å². The van der Waals surface area contributed by atoms with E-state index in [1.165, 1.54) is 11.5 Å². The summed E-state index contributed by atoms with van der Waals surface area (Å²) in [5, 5.41) is 0. The molecule has 0 radical (unpaired) electrons. The quantitative estimate of drug-likeness (QED) is 0.519. The maximum absolute atomic E-state index is 2.42. The molecule has 0 aromatic rings. The molecule has 0 aliphatic heterocycles. The van der Waals surface area contributed by atoms with E-state index in [4.69, 9.17) is 0 Å². The molecule has 0 heterocycles. The van der Waals surface area contributed by atoms with Crippen molar-refractivity contribution in [3.63, 3.8) is 0 Å². The summed E-state index contributed by atoms with van der Waals surface area (Å²) in [4.78, 5) is 4.84. The summed E-state index contributed by atoms with van der Waals surface area (Å²) in [5.41, 5.74) is 0.579. The standard InChI is InChI=1S/C14H32N2S2/c1-13(2,3)15(7)9-11-17-18-12-10-16(8)14(4,5)6/h9-12H2,1-8H3. The Kier molecular flexibility index (Phi) is 8.31. The fraction of sp³-hybridized carbons (Fsp3) is 1.00. The molecular weight excluding hydrogens is 260 g/mol. The Labute approximate surface area is 123 Å². The fourth-order valence-electron chi connectivity index (χ4n) is 1.14. The highest BCUT2D eigenvalue weighted by molar-refractivity contribution is 8.76. The number of rotatable bonds is 7. The lowest BCUT2D eigenvalue weighted by molar-refractivity contribution is 0.187. The maximum Gasteiger partial charge on any atom is 0.0165 e. The SMILES string of the molecule is CN(CCSSCCN(C)C(C)(C)C)C(C)(C)C. The molecule has 0 aromatic heterocycles. The van der Waals surface area contributed by atoms with Gasteiger partial charge in [0.05, 0.1) is 0 Å².